The smallest absolute Gasteiger partial charge is 0.163 e. The number of rotatable bonds is 6. The highest BCUT2D eigenvalue weighted by atomic mass is 15.1. The molecule has 0 bridgehead atoms. The molecular weight excluding hydrogens is 298 g/mol. The van der Waals surface area contributed by atoms with Crippen molar-refractivity contribution in [2.45, 2.75) is 25.4 Å². The van der Waals surface area contributed by atoms with Gasteiger partial charge in [-0.25, -0.2) is 9.97 Å². The van der Waals surface area contributed by atoms with Crippen molar-refractivity contribution in [3.8, 4) is 11.4 Å². The zero-order chi connectivity index (χ0) is 16.2. The van der Waals surface area contributed by atoms with Gasteiger partial charge in [-0.3, -0.25) is 4.98 Å². The number of nitrogens with zero attached hydrogens (tertiary/aromatic N) is 3. The lowest BCUT2D eigenvalue weighted by atomic mass is 10.2. The molecule has 0 amide bonds. The van der Waals surface area contributed by atoms with Crippen LogP contribution in [0.25, 0.3) is 11.4 Å². The average Bonchev–Trinajstić information content (AvgIpc) is 3.45. The lowest BCUT2D eigenvalue weighted by Crippen LogP contribution is -2.08. The molecule has 0 saturated heterocycles. The number of hydrogen-bond acceptors (Lipinski definition) is 5. The Labute approximate surface area is 141 Å². The molecule has 1 saturated carbocycles. The van der Waals surface area contributed by atoms with E-state index in [2.05, 4.69) is 25.6 Å². The molecule has 2 heterocycles. The van der Waals surface area contributed by atoms with E-state index in [1.807, 2.05) is 48.5 Å². The molecule has 2 aromatic heterocycles. The molecule has 0 atom stereocenters. The van der Waals surface area contributed by atoms with Gasteiger partial charge in [-0.1, -0.05) is 30.3 Å². The maximum Gasteiger partial charge on any atom is 0.163 e. The van der Waals surface area contributed by atoms with Crippen molar-refractivity contribution < 1.29 is 0 Å². The summed E-state index contributed by atoms with van der Waals surface area (Å²) in [4.78, 5) is 13.4. The molecule has 120 valence electrons. The lowest BCUT2D eigenvalue weighted by molar-refractivity contribution is 1.05. The van der Waals surface area contributed by atoms with E-state index in [4.69, 9.17) is 0 Å². The van der Waals surface area contributed by atoms with Crippen LogP contribution in [0, 0.1) is 0 Å². The number of benzene rings is 1. The van der Waals surface area contributed by atoms with Crippen LogP contribution in [-0.2, 0) is 6.54 Å². The van der Waals surface area contributed by atoms with Crippen LogP contribution in [0.4, 0.5) is 11.6 Å². The SMILES string of the molecule is c1ccc(-c2nc(NCc3ccncc3)cc(NC3CC3)n2)cc1. The molecule has 0 spiro atoms. The Morgan fingerprint density at radius 2 is 1.67 bits per heavy atom. The van der Waals surface area contributed by atoms with Gasteiger partial charge < -0.3 is 10.6 Å². The summed E-state index contributed by atoms with van der Waals surface area (Å²) in [6.45, 7) is 0.705. The minimum absolute atomic E-state index is 0.552. The largest absolute Gasteiger partial charge is 0.367 e. The summed E-state index contributed by atoms with van der Waals surface area (Å²) < 4.78 is 0. The highest BCUT2D eigenvalue weighted by Gasteiger charge is 2.22. The first-order valence-corrected chi connectivity index (χ1v) is 8.21. The lowest BCUT2D eigenvalue weighted by Gasteiger charge is -2.11. The topological polar surface area (TPSA) is 62.7 Å². The van der Waals surface area contributed by atoms with Crippen molar-refractivity contribution in [1.29, 1.82) is 0 Å². The molecule has 0 unspecified atom stereocenters. The Morgan fingerprint density at radius 1 is 0.917 bits per heavy atom. The predicted molar refractivity (Wildman–Crippen MR) is 95.7 cm³/mol. The van der Waals surface area contributed by atoms with E-state index in [9.17, 15) is 0 Å². The Hall–Kier alpha value is -2.95. The number of aromatic nitrogens is 3. The molecule has 1 aromatic carbocycles. The number of anilines is 2. The molecule has 0 aliphatic heterocycles. The molecule has 0 radical (unpaired) electrons. The van der Waals surface area contributed by atoms with Gasteiger partial charge >= 0.3 is 0 Å². The van der Waals surface area contributed by atoms with Crippen LogP contribution in [0.2, 0.25) is 0 Å². The molecule has 3 aromatic rings. The zero-order valence-corrected chi connectivity index (χ0v) is 13.3. The maximum atomic E-state index is 4.67. The fourth-order valence-corrected chi connectivity index (χ4v) is 2.46. The number of nitrogens with one attached hydrogen (secondary N) is 2. The van der Waals surface area contributed by atoms with Gasteiger partial charge in [0.1, 0.15) is 11.6 Å². The Bertz CT molecular complexity index is 801. The summed E-state index contributed by atoms with van der Waals surface area (Å²) in [5.74, 6) is 2.44. The summed E-state index contributed by atoms with van der Waals surface area (Å²) in [5, 5.41) is 6.85. The highest BCUT2D eigenvalue weighted by molar-refractivity contribution is 5.61. The summed E-state index contributed by atoms with van der Waals surface area (Å²) in [7, 11) is 0. The molecule has 24 heavy (non-hydrogen) atoms. The van der Waals surface area contributed by atoms with Crippen LogP contribution in [0.3, 0.4) is 0 Å². The molecule has 5 heteroatoms. The van der Waals surface area contributed by atoms with Gasteiger partial charge in [0.05, 0.1) is 0 Å². The first-order valence-electron chi connectivity index (χ1n) is 8.21. The average molecular weight is 317 g/mol. The van der Waals surface area contributed by atoms with Crippen molar-refractivity contribution in [2.75, 3.05) is 10.6 Å². The Morgan fingerprint density at radius 3 is 2.42 bits per heavy atom. The maximum absolute atomic E-state index is 4.67. The molecule has 4 rings (SSSR count). The molecule has 1 aliphatic carbocycles. The van der Waals surface area contributed by atoms with Crippen molar-refractivity contribution in [3.63, 3.8) is 0 Å². The van der Waals surface area contributed by atoms with Gasteiger partial charge in [0.25, 0.3) is 0 Å². The van der Waals surface area contributed by atoms with Crippen molar-refractivity contribution in [3.05, 3.63) is 66.5 Å². The van der Waals surface area contributed by atoms with Crippen LogP contribution in [0.1, 0.15) is 18.4 Å². The normalized spacial score (nSPS) is 13.5. The molecule has 5 nitrogen and oxygen atoms in total. The number of hydrogen-bond donors (Lipinski definition) is 2. The van der Waals surface area contributed by atoms with Gasteiger partial charge in [-0.05, 0) is 30.5 Å². The van der Waals surface area contributed by atoms with E-state index in [0.29, 0.717) is 12.6 Å². The fraction of sp³-hybridized carbons (Fsp3) is 0.211. The summed E-state index contributed by atoms with van der Waals surface area (Å²) in [6, 6.07) is 16.6. The van der Waals surface area contributed by atoms with E-state index >= 15 is 0 Å². The van der Waals surface area contributed by atoms with Gasteiger partial charge in [0, 0.05) is 36.6 Å². The molecule has 1 aliphatic rings. The summed E-state index contributed by atoms with van der Waals surface area (Å²) in [5.41, 5.74) is 2.19. The minimum atomic E-state index is 0.552. The van der Waals surface area contributed by atoms with E-state index in [1.165, 1.54) is 18.4 Å². The van der Waals surface area contributed by atoms with Gasteiger partial charge in [0.15, 0.2) is 5.82 Å². The van der Waals surface area contributed by atoms with Crippen LogP contribution in [-0.4, -0.2) is 21.0 Å². The van der Waals surface area contributed by atoms with E-state index < -0.39 is 0 Å². The minimum Gasteiger partial charge on any atom is -0.367 e. The predicted octanol–water partition coefficient (Wildman–Crippen LogP) is 3.73. The molecular formula is C19H19N5. The monoisotopic (exact) mass is 317 g/mol. The second-order valence-electron chi connectivity index (χ2n) is 5.96. The van der Waals surface area contributed by atoms with Gasteiger partial charge in [-0.15, -0.1) is 0 Å². The highest BCUT2D eigenvalue weighted by Crippen LogP contribution is 2.26. The quantitative estimate of drug-likeness (QED) is 0.725. The van der Waals surface area contributed by atoms with Crippen LogP contribution in [0.15, 0.2) is 60.9 Å². The third kappa shape index (κ3) is 3.68. The fourth-order valence-electron chi connectivity index (χ4n) is 2.46. The van der Waals surface area contributed by atoms with Crippen LogP contribution in [0.5, 0.6) is 0 Å². The molecule has 2 N–H and O–H groups in total. The van der Waals surface area contributed by atoms with E-state index in [-0.39, 0.29) is 0 Å². The zero-order valence-electron chi connectivity index (χ0n) is 13.3. The van der Waals surface area contributed by atoms with Crippen molar-refractivity contribution in [2.24, 2.45) is 0 Å². The van der Waals surface area contributed by atoms with Gasteiger partial charge in [0.2, 0.25) is 0 Å². The third-order valence-electron chi connectivity index (χ3n) is 3.91. The van der Waals surface area contributed by atoms with Crippen molar-refractivity contribution >= 4 is 11.6 Å². The Kier molecular flexibility index (Phi) is 4.06. The van der Waals surface area contributed by atoms with Crippen LogP contribution < -0.4 is 10.6 Å². The summed E-state index contributed by atoms with van der Waals surface area (Å²) >= 11 is 0. The first-order chi connectivity index (χ1) is 11.9. The van der Waals surface area contributed by atoms with E-state index in [1.54, 1.807) is 12.4 Å². The second kappa shape index (κ2) is 6.66. The first kappa shape index (κ1) is 14.6. The van der Waals surface area contributed by atoms with Gasteiger partial charge in [-0.2, -0.15) is 0 Å². The van der Waals surface area contributed by atoms with Crippen LogP contribution >= 0.6 is 0 Å². The van der Waals surface area contributed by atoms with Crippen molar-refractivity contribution in [1.82, 2.24) is 15.0 Å². The number of pyridine rings is 1. The second-order valence-corrected chi connectivity index (χ2v) is 5.96. The summed E-state index contributed by atoms with van der Waals surface area (Å²) in [6.07, 6.45) is 6.02. The van der Waals surface area contributed by atoms with E-state index in [0.717, 1.165) is 23.0 Å². The Balaban J connectivity index is 1.59. The standard InChI is InChI=1S/C19H19N5/c1-2-4-15(5-3-1)19-23-17(12-18(24-19)22-16-6-7-16)21-13-14-8-10-20-11-9-14/h1-5,8-12,16H,6-7,13H2,(H2,21,22,23,24). The third-order valence-corrected chi connectivity index (χ3v) is 3.91. The molecule has 1 fully saturated rings.